The van der Waals surface area contributed by atoms with E-state index in [2.05, 4.69) is 19.9 Å². The van der Waals surface area contributed by atoms with Crippen LogP contribution in [0.2, 0.25) is 5.02 Å². The number of halogens is 2. The molecule has 2 atom stereocenters. The Morgan fingerprint density at radius 2 is 1.95 bits per heavy atom. The Labute approximate surface area is 236 Å². The monoisotopic (exact) mass is 578 g/mol. The average molecular weight is 579 g/mol. The first kappa shape index (κ1) is 27.0. The van der Waals surface area contributed by atoms with Crippen molar-refractivity contribution in [2.75, 3.05) is 12.0 Å². The third-order valence-corrected chi connectivity index (χ3v) is 7.48. The number of methoxy groups -OCH3 is 1. The van der Waals surface area contributed by atoms with Crippen LogP contribution in [0.1, 0.15) is 19.4 Å². The number of ether oxygens (including phenoxy) is 2. The van der Waals surface area contributed by atoms with Gasteiger partial charge in [-0.05, 0) is 32.0 Å². The molecule has 1 amide bonds. The first-order valence-electron chi connectivity index (χ1n) is 11.8. The Hall–Kier alpha value is -4.60. The van der Waals surface area contributed by atoms with Crippen molar-refractivity contribution in [3.63, 3.8) is 0 Å². The number of nitrogens with zero attached hydrogens (tertiary/aromatic N) is 6. The van der Waals surface area contributed by atoms with Crippen molar-refractivity contribution >= 4 is 56.0 Å². The van der Waals surface area contributed by atoms with Gasteiger partial charge < -0.3 is 14.6 Å². The number of nitriles is 1. The highest BCUT2D eigenvalue weighted by Crippen LogP contribution is 2.38. The summed E-state index contributed by atoms with van der Waals surface area (Å²) < 4.78 is 26.9. The van der Waals surface area contributed by atoms with Crippen LogP contribution in [0.15, 0.2) is 48.9 Å². The van der Waals surface area contributed by atoms with Gasteiger partial charge in [-0.2, -0.15) is 5.26 Å². The number of hydrogen-bond donors (Lipinski definition) is 1. The summed E-state index contributed by atoms with van der Waals surface area (Å²) in [6, 6.07) is 8.77. The number of thiazole rings is 1. The molecule has 1 N–H and O–H groups in total. The fraction of sp³-hybridized carbons (Fsp3) is 0.185. The zero-order valence-electron chi connectivity index (χ0n) is 21.3. The third kappa shape index (κ3) is 5.16. The number of amides is 1. The maximum absolute atomic E-state index is 15.1. The van der Waals surface area contributed by atoms with Crippen LogP contribution in [-0.2, 0) is 0 Å². The second kappa shape index (κ2) is 10.9. The molecule has 10 nitrogen and oxygen atoms in total. The second-order valence-corrected chi connectivity index (χ2v) is 10.2. The van der Waals surface area contributed by atoms with E-state index in [1.54, 1.807) is 26.0 Å². The number of carboxylic acid groups (broad SMARTS) is 1. The van der Waals surface area contributed by atoms with E-state index in [4.69, 9.17) is 26.3 Å². The van der Waals surface area contributed by atoms with E-state index >= 15 is 4.39 Å². The molecule has 3 aromatic heterocycles. The minimum Gasteiger partial charge on any atom is -0.485 e. The van der Waals surface area contributed by atoms with Crippen molar-refractivity contribution < 1.29 is 23.8 Å². The maximum atomic E-state index is 15.1. The number of aromatic nitrogens is 4. The minimum absolute atomic E-state index is 0.0585. The standard InChI is InChI=1S/C27H20ClFN6O4S/c1-13(35(27(36)37)17-4-15(9-30)10-31-11-17)14(2)39-22-8-23-20(7-19(22)29)34-26(40-23)18-5-16(28)6-21-25(18)32-12-24(33-21)38-3/h4-8,10-14H,1-3H3,(H,36,37). The number of hydrogen-bond acceptors (Lipinski definition) is 9. The molecule has 3 heterocycles. The SMILES string of the molecule is COc1cnc2c(-c3nc4cc(F)c(OC(C)C(C)N(C(=O)O)c5cncc(C#N)c5)cc4s3)cc(Cl)cc2n1. The van der Waals surface area contributed by atoms with Crippen molar-refractivity contribution in [2.24, 2.45) is 0 Å². The van der Waals surface area contributed by atoms with Gasteiger partial charge in [-0.15, -0.1) is 11.3 Å². The van der Waals surface area contributed by atoms with Crippen molar-refractivity contribution in [1.29, 1.82) is 5.26 Å². The molecule has 0 bridgehead atoms. The summed E-state index contributed by atoms with van der Waals surface area (Å²) in [5.41, 5.74) is 2.54. The van der Waals surface area contributed by atoms with Crippen LogP contribution in [0.25, 0.3) is 31.8 Å². The molecule has 40 heavy (non-hydrogen) atoms. The molecule has 2 aromatic carbocycles. The predicted octanol–water partition coefficient (Wildman–Crippen LogP) is 6.31. The normalized spacial score (nSPS) is 12.6. The molecule has 0 radical (unpaired) electrons. The second-order valence-electron chi connectivity index (χ2n) is 8.76. The molecule has 0 aliphatic rings. The zero-order chi connectivity index (χ0) is 28.6. The number of benzene rings is 2. The Kier molecular flexibility index (Phi) is 7.34. The molecule has 0 spiro atoms. The number of carbonyl (C=O) groups is 1. The minimum atomic E-state index is -1.27. The summed E-state index contributed by atoms with van der Waals surface area (Å²) in [6.45, 7) is 3.26. The molecule has 2 unspecified atom stereocenters. The molecule has 0 aliphatic carbocycles. The highest BCUT2D eigenvalue weighted by atomic mass is 35.5. The molecule has 13 heteroatoms. The van der Waals surface area contributed by atoms with E-state index in [1.165, 1.54) is 55.2 Å². The molecule has 5 rings (SSSR count). The van der Waals surface area contributed by atoms with Crippen molar-refractivity contribution in [3.8, 4) is 28.3 Å². The largest absolute Gasteiger partial charge is 0.485 e. The predicted molar refractivity (Wildman–Crippen MR) is 149 cm³/mol. The number of rotatable bonds is 7. The molecule has 0 saturated heterocycles. The van der Waals surface area contributed by atoms with Crippen LogP contribution in [-0.4, -0.2) is 50.4 Å². The van der Waals surface area contributed by atoms with Crippen molar-refractivity contribution in [1.82, 2.24) is 19.9 Å². The lowest BCUT2D eigenvalue weighted by atomic mass is 10.1. The summed E-state index contributed by atoms with van der Waals surface area (Å²) in [7, 11) is 1.49. The molecular formula is C27H20ClFN6O4S. The van der Waals surface area contributed by atoms with Gasteiger partial charge in [0.25, 0.3) is 0 Å². The Balaban J connectivity index is 1.46. The lowest BCUT2D eigenvalue weighted by Gasteiger charge is -2.31. The zero-order valence-corrected chi connectivity index (χ0v) is 22.9. The fourth-order valence-electron chi connectivity index (χ4n) is 4.12. The maximum Gasteiger partial charge on any atom is 0.412 e. The number of fused-ring (bicyclic) bond motifs is 2. The summed E-state index contributed by atoms with van der Waals surface area (Å²) >= 11 is 7.63. The summed E-state index contributed by atoms with van der Waals surface area (Å²) in [5, 5.41) is 20.0. The topological polar surface area (TPSA) is 134 Å². The quantitative estimate of drug-likeness (QED) is 0.235. The van der Waals surface area contributed by atoms with Gasteiger partial charge in [-0.25, -0.2) is 24.1 Å². The van der Waals surface area contributed by atoms with Crippen LogP contribution in [0.5, 0.6) is 11.6 Å². The molecule has 0 saturated carbocycles. The van der Waals surface area contributed by atoms with Crippen LogP contribution in [0.4, 0.5) is 14.9 Å². The first-order chi connectivity index (χ1) is 19.2. The van der Waals surface area contributed by atoms with Crippen LogP contribution in [0.3, 0.4) is 0 Å². The van der Waals surface area contributed by atoms with Crippen LogP contribution >= 0.6 is 22.9 Å². The van der Waals surface area contributed by atoms with E-state index in [0.717, 1.165) is 4.90 Å². The van der Waals surface area contributed by atoms with Gasteiger partial charge in [-0.3, -0.25) is 9.88 Å². The van der Waals surface area contributed by atoms with E-state index < -0.39 is 24.1 Å². The van der Waals surface area contributed by atoms with E-state index in [0.29, 0.717) is 42.7 Å². The summed E-state index contributed by atoms with van der Waals surface area (Å²) in [6.07, 6.45) is 2.12. The van der Waals surface area contributed by atoms with Gasteiger partial charge in [0.1, 0.15) is 17.2 Å². The first-order valence-corrected chi connectivity index (χ1v) is 13.0. The summed E-state index contributed by atoms with van der Waals surface area (Å²) in [4.78, 5) is 30.5. The van der Waals surface area contributed by atoms with Gasteiger partial charge in [-0.1, -0.05) is 11.6 Å². The number of pyridine rings is 1. The van der Waals surface area contributed by atoms with Crippen LogP contribution in [0, 0.1) is 17.1 Å². The van der Waals surface area contributed by atoms with E-state index in [9.17, 15) is 9.90 Å². The van der Waals surface area contributed by atoms with Gasteiger partial charge >= 0.3 is 6.09 Å². The van der Waals surface area contributed by atoms with Crippen molar-refractivity contribution in [2.45, 2.75) is 26.0 Å². The highest BCUT2D eigenvalue weighted by molar-refractivity contribution is 7.21. The Morgan fingerprint density at radius 3 is 2.67 bits per heavy atom. The van der Waals surface area contributed by atoms with Crippen LogP contribution < -0.4 is 14.4 Å². The van der Waals surface area contributed by atoms with Gasteiger partial charge in [0, 0.05) is 28.9 Å². The highest BCUT2D eigenvalue weighted by Gasteiger charge is 2.29. The lowest BCUT2D eigenvalue weighted by Crippen LogP contribution is -2.46. The molecular weight excluding hydrogens is 559 g/mol. The molecule has 202 valence electrons. The van der Waals surface area contributed by atoms with Crippen molar-refractivity contribution in [3.05, 3.63) is 65.3 Å². The van der Waals surface area contributed by atoms with E-state index in [1.807, 2.05) is 6.07 Å². The summed E-state index contributed by atoms with van der Waals surface area (Å²) in [5.74, 6) is -0.372. The lowest BCUT2D eigenvalue weighted by molar-refractivity contribution is 0.167. The molecule has 0 aliphatic heterocycles. The fourth-order valence-corrected chi connectivity index (χ4v) is 5.32. The van der Waals surface area contributed by atoms with E-state index in [-0.39, 0.29) is 17.0 Å². The number of anilines is 1. The smallest absolute Gasteiger partial charge is 0.412 e. The van der Waals surface area contributed by atoms with Gasteiger partial charge in [0.15, 0.2) is 11.6 Å². The Bertz CT molecular complexity index is 1810. The third-order valence-electron chi connectivity index (χ3n) is 6.21. The van der Waals surface area contributed by atoms with Gasteiger partial charge in [0.2, 0.25) is 5.88 Å². The Morgan fingerprint density at radius 1 is 1.15 bits per heavy atom. The molecule has 0 fully saturated rings. The molecule has 5 aromatic rings. The average Bonchev–Trinajstić information content (AvgIpc) is 3.34. The van der Waals surface area contributed by atoms with Gasteiger partial charge in [0.05, 0.1) is 58.0 Å².